The number of hydrogen-bond donors (Lipinski definition) is 0. The Balaban J connectivity index is 3.80. The first-order chi connectivity index (χ1) is 25.5. The van der Waals surface area contributed by atoms with E-state index in [1.807, 2.05) is 0 Å². The van der Waals surface area contributed by atoms with Crippen molar-refractivity contribution in [2.45, 2.75) is 202 Å². The van der Waals surface area contributed by atoms with E-state index in [1.165, 1.54) is 96.3 Å². The van der Waals surface area contributed by atoms with E-state index in [1.54, 1.807) is 6.92 Å². The van der Waals surface area contributed by atoms with Gasteiger partial charge in [0, 0.05) is 0 Å². The first kappa shape index (κ1) is 48.1. The molecule has 0 saturated heterocycles. The van der Waals surface area contributed by atoms with Crippen molar-refractivity contribution in [2.75, 3.05) is 33.0 Å². The van der Waals surface area contributed by atoms with Gasteiger partial charge in [-0.05, 0) is 53.2 Å². The van der Waals surface area contributed by atoms with Gasteiger partial charge >= 0.3 is 0 Å². The maximum absolute atomic E-state index is 13.5. The van der Waals surface area contributed by atoms with E-state index in [-0.39, 0.29) is 14.1 Å². The van der Waals surface area contributed by atoms with Gasteiger partial charge in [0.25, 0.3) is 0 Å². The first-order valence-electron chi connectivity index (χ1n) is 21.8. The third-order valence-electron chi connectivity index (χ3n) is 9.38. The van der Waals surface area contributed by atoms with Crippen LogP contribution in [0.1, 0.15) is 202 Å². The topological polar surface area (TPSA) is 63.2 Å². The molecule has 0 aliphatic heterocycles. The Hall–Kier alpha value is -1.94. The molecule has 0 aliphatic carbocycles. The second kappa shape index (κ2) is 33.6. The summed E-state index contributed by atoms with van der Waals surface area (Å²) in [5, 5.41) is 0.729. The molecule has 0 amide bonds. The van der Waals surface area contributed by atoms with Crippen LogP contribution in [0.3, 0.4) is 0 Å². The summed E-state index contributed by atoms with van der Waals surface area (Å²) in [5.41, 5.74) is 0.514. The first-order valence-corrected chi connectivity index (χ1v) is 22.8. The summed E-state index contributed by atoms with van der Waals surface area (Å²) in [5.74, 6) is 2.91. The summed E-state index contributed by atoms with van der Waals surface area (Å²) in [6, 6.07) is 0. The number of rotatable bonds is 38. The molecule has 1 aromatic carbocycles. The molecule has 0 aromatic heterocycles. The smallest absolute Gasteiger partial charge is 0.211 e. The summed E-state index contributed by atoms with van der Waals surface area (Å²) in [7, 11) is -0.222. The largest absolute Gasteiger partial charge is 0.489 e. The minimum Gasteiger partial charge on any atom is -0.489 e. The highest BCUT2D eigenvalue weighted by atomic mass is 31.1. The zero-order valence-corrected chi connectivity index (χ0v) is 35.9. The maximum atomic E-state index is 13.5. The van der Waals surface area contributed by atoms with E-state index in [4.69, 9.17) is 23.7 Å². The SMILES string of the molecule is C=C(C)C(=O)Pc1c(OCCCCCCC)c(OCCCCCCC)c(OCCCCCCC)c(OCCCCCCC)c1OCCCCCCC. The van der Waals surface area contributed by atoms with Gasteiger partial charge in [0.15, 0.2) is 17.0 Å². The predicted molar refractivity (Wildman–Crippen MR) is 225 cm³/mol. The summed E-state index contributed by atoms with van der Waals surface area (Å²) in [4.78, 5) is 13.5. The Bertz CT molecular complexity index is 984. The molecule has 302 valence electrons. The van der Waals surface area contributed by atoms with Gasteiger partial charge < -0.3 is 23.7 Å². The van der Waals surface area contributed by atoms with Crippen LogP contribution in [-0.4, -0.2) is 38.6 Å². The van der Waals surface area contributed by atoms with Gasteiger partial charge in [-0.2, -0.15) is 0 Å². The third-order valence-corrected chi connectivity index (χ3v) is 10.7. The van der Waals surface area contributed by atoms with Crippen LogP contribution in [0, 0.1) is 0 Å². The van der Waals surface area contributed by atoms with E-state index in [9.17, 15) is 4.79 Å². The number of carbonyl (C=O) groups excluding carboxylic acids is 1. The molecule has 0 aliphatic rings. The zero-order chi connectivity index (χ0) is 38.1. The van der Waals surface area contributed by atoms with Crippen molar-refractivity contribution in [3.05, 3.63) is 12.2 Å². The van der Waals surface area contributed by atoms with E-state index in [0.717, 1.165) is 69.5 Å². The predicted octanol–water partition coefficient (Wildman–Crippen LogP) is 13.8. The molecular formula is C45H81O6P. The van der Waals surface area contributed by atoms with Crippen molar-refractivity contribution in [1.29, 1.82) is 0 Å². The Kier molecular flexibility index (Phi) is 31.1. The molecule has 7 heteroatoms. The molecule has 0 saturated carbocycles. The standard InChI is InChI=1S/C45H81O6P/c1-8-13-18-23-28-33-47-39-40(48-34-29-24-19-14-9-2)42(50-36-31-26-21-16-11-4)44(52-45(46)38(6)7)43(51-37-32-27-22-17-12-5)41(39)49-35-30-25-20-15-10-3/h52H,6,8-37H2,1-5,7H3. The summed E-state index contributed by atoms with van der Waals surface area (Å²) < 4.78 is 33.7. The molecule has 52 heavy (non-hydrogen) atoms. The Morgan fingerprint density at radius 3 is 0.885 bits per heavy atom. The highest BCUT2D eigenvalue weighted by Crippen LogP contribution is 2.52. The fourth-order valence-electron chi connectivity index (χ4n) is 6.04. The van der Waals surface area contributed by atoms with Crippen LogP contribution in [0.15, 0.2) is 12.2 Å². The molecule has 0 spiro atoms. The lowest BCUT2D eigenvalue weighted by molar-refractivity contribution is -0.108. The van der Waals surface area contributed by atoms with Gasteiger partial charge in [-0.3, -0.25) is 4.79 Å². The van der Waals surface area contributed by atoms with Crippen LogP contribution in [0.25, 0.3) is 0 Å². The number of allylic oxidation sites excluding steroid dienone is 1. The summed E-state index contributed by atoms with van der Waals surface area (Å²) in [6.07, 6.45) is 28.4. The van der Waals surface area contributed by atoms with Gasteiger partial charge in [-0.15, -0.1) is 0 Å². The number of ether oxygens (including phenoxy) is 5. The second-order valence-corrected chi connectivity index (χ2v) is 15.8. The van der Waals surface area contributed by atoms with Gasteiger partial charge in [0.1, 0.15) is 0 Å². The fourth-order valence-corrected chi connectivity index (χ4v) is 7.08. The molecule has 6 nitrogen and oxygen atoms in total. The number of hydrogen-bond acceptors (Lipinski definition) is 6. The van der Waals surface area contributed by atoms with Gasteiger partial charge in [0.05, 0.1) is 38.3 Å². The molecule has 0 radical (unpaired) electrons. The quantitative estimate of drug-likeness (QED) is 0.0381. The molecule has 0 heterocycles. The average Bonchev–Trinajstić information content (AvgIpc) is 3.14. The minimum atomic E-state index is -0.222. The molecular weight excluding hydrogens is 667 g/mol. The molecule has 0 bridgehead atoms. The number of benzene rings is 1. The molecule has 1 unspecified atom stereocenters. The normalized spacial score (nSPS) is 11.3. The van der Waals surface area contributed by atoms with Gasteiger partial charge in [-0.25, -0.2) is 0 Å². The lowest BCUT2D eigenvalue weighted by Crippen LogP contribution is -2.18. The van der Waals surface area contributed by atoms with Crippen LogP contribution in [0.2, 0.25) is 0 Å². The van der Waals surface area contributed by atoms with Crippen molar-refractivity contribution >= 4 is 19.4 Å². The fraction of sp³-hybridized carbons (Fsp3) is 0.800. The molecule has 1 atom stereocenters. The van der Waals surface area contributed by atoms with E-state index in [0.29, 0.717) is 67.4 Å². The van der Waals surface area contributed by atoms with E-state index >= 15 is 0 Å². The average molecular weight is 749 g/mol. The number of unbranched alkanes of at least 4 members (excludes halogenated alkanes) is 20. The third kappa shape index (κ3) is 21.7. The summed E-state index contributed by atoms with van der Waals surface area (Å²) in [6.45, 7) is 19.7. The van der Waals surface area contributed by atoms with Crippen LogP contribution in [0.5, 0.6) is 28.7 Å². The lowest BCUT2D eigenvalue weighted by atomic mass is 10.1. The zero-order valence-electron chi connectivity index (χ0n) is 34.9. The monoisotopic (exact) mass is 749 g/mol. The van der Waals surface area contributed by atoms with Crippen molar-refractivity contribution in [1.82, 2.24) is 0 Å². The van der Waals surface area contributed by atoms with Gasteiger partial charge in [-0.1, -0.05) is 170 Å². The Labute approximate surface area is 323 Å². The Morgan fingerprint density at radius 1 is 0.404 bits per heavy atom. The van der Waals surface area contributed by atoms with Crippen LogP contribution >= 0.6 is 8.58 Å². The van der Waals surface area contributed by atoms with Crippen molar-refractivity contribution in [3.63, 3.8) is 0 Å². The van der Waals surface area contributed by atoms with Crippen molar-refractivity contribution < 1.29 is 28.5 Å². The van der Waals surface area contributed by atoms with E-state index < -0.39 is 0 Å². The minimum absolute atomic E-state index is 0.0128. The van der Waals surface area contributed by atoms with E-state index in [2.05, 4.69) is 41.2 Å². The Morgan fingerprint density at radius 2 is 0.635 bits per heavy atom. The van der Waals surface area contributed by atoms with Gasteiger partial charge in [0.2, 0.25) is 17.2 Å². The van der Waals surface area contributed by atoms with Crippen LogP contribution in [-0.2, 0) is 4.79 Å². The van der Waals surface area contributed by atoms with Crippen LogP contribution in [0.4, 0.5) is 0 Å². The molecule has 0 fully saturated rings. The lowest BCUT2D eigenvalue weighted by Gasteiger charge is -2.26. The second-order valence-electron chi connectivity index (χ2n) is 14.6. The number of carbonyl (C=O) groups is 1. The highest BCUT2D eigenvalue weighted by Gasteiger charge is 2.32. The maximum Gasteiger partial charge on any atom is 0.211 e. The van der Waals surface area contributed by atoms with Crippen LogP contribution < -0.4 is 29.0 Å². The summed E-state index contributed by atoms with van der Waals surface area (Å²) >= 11 is 0. The highest BCUT2D eigenvalue weighted by molar-refractivity contribution is 7.66. The molecule has 0 N–H and O–H groups in total. The van der Waals surface area contributed by atoms with Crippen molar-refractivity contribution in [2.24, 2.45) is 0 Å². The molecule has 1 aromatic rings. The van der Waals surface area contributed by atoms with Crippen molar-refractivity contribution in [3.8, 4) is 28.7 Å². The molecule has 1 rings (SSSR count).